The average Bonchev–Trinajstić information content (AvgIpc) is 2.48. The van der Waals surface area contributed by atoms with Gasteiger partial charge in [0.1, 0.15) is 0 Å². The van der Waals surface area contributed by atoms with E-state index >= 15 is 0 Å². The first-order chi connectivity index (χ1) is 5.70. The summed E-state index contributed by atoms with van der Waals surface area (Å²) in [6, 6.07) is 0.974. The molecule has 0 fully saturated rings. The zero-order valence-corrected chi connectivity index (χ0v) is 7.10. The minimum Gasteiger partial charge on any atom is -0.243 e. The molecule has 0 saturated carbocycles. The SMILES string of the molecule is Fc1cc(Br)c(F)c2nonc12. The number of aromatic nitrogens is 2. The Morgan fingerprint density at radius 2 is 1.92 bits per heavy atom. The van der Waals surface area contributed by atoms with Crippen LogP contribution in [-0.4, -0.2) is 10.3 Å². The lowest BCUT2D eigenvalue weighted by Crippen LogP contribution is -1.85. The van der Waals surface area contributed by atoms with Crippen molar-refractivity contribution in [3.05, 3.63) is 22.2 Å². The van der Waals surface area contributed by atoms with Gasteiger partial charge in [-0.25, -0.2) is 13.4 Å². The molecule has 0 aliphatic rings. The minimum atomic E-state index is -0.673. The van der Waals surface area contributed by atoms with Gasteiger partial charge in [-0.05, 0) is 32.3 Å². The standard InChI is InChI=1S/C6HBrF2N2O/c7-2-1-3(8)5-6(4(2)9)11-12-10-5/h1H. The van der Waals surface area contributed by atoms with Gasteiger partial charge in [0.15, 0.2) is 22.7 Å². The molecule has 0 spiro atoms. The molecule has 62 valence electrons. The summed E-state index contributed by atoms with van der Waals surface area (Å²) in [7, 11) is 0. The summed E-state index contributed by atoms with van der Waals surface area (Å²) in [4.78, 5) is 0. The topological polar surface area (TPSA) is 38.9 Å². The molecule has 0 amide bonds. The zero-order chi connectivity index (χ0) is 8.72. The summed E-state index contributed by atoms with van der Waals surface area (Å²) >= 11 is 2.83. The molecule has 1 aromatic heterocycles. The molecule has 0 radical (unpaired) electrons. The van der Waals surface area contributed by atoms with Gasteiger partial charge in [0.25, 0.3) is 0 Å². The van der Waals surface area contributed by atoms with Gasteiger partial charge in [-0.1, -0.05) is 0 Å². The van der Waals surface area contributed by atoms with Crippen molar-refractivity contribution in [2.24, 2.45) is 0 Å². The number of halogens is 3. The molecule has 0 saturated heterocycles. The Labute approximate surface area is 73.4 Å². The molecule has 6 heteroatoms. The van der Waals surface area contributed by atoms with Gasteiger partial charge in [0.05, 0.1) is 4.47 Å². The van der Waals surface area contributed by atoms with E-state index in [0.717, 1.165) is 6.07 Å². The highest BCUT2D eigenvalue weighted by molar-refractivity contribution is 9.10. The van der Waals surface area contributed by atoms with Crippen molar-refractivity contribution in [2.75, 3.05) is 0 Å². The van der Waals surface area contributed by atoms with E-state index in [1.165, 1.54) is 0 Å². The molecule has 0 N–H and O–H groups in total. The molecule has 2 aromatic rings. The van der Waals surface area contributed by atoms with Crippen molar-refractivity contribution in [3.8, 4) is 0 Å². The van der Waals surface area contributed by atoms with Crippen molar-refractivity contribution >= 4 is 27.0 Å². The molecule has 1 aromatic carbocycles. The molecule has 3 nitrogen and oxygen atoms in total. The largest absolute Gasteiger partial charge is 0.243 e. The van der Waals surface area contributed by atoms with Gasteiger partial charge >= 0.3 is 0 Å². The number of hydrogen-bond donors (Lipinski definition) is 0. The van der Waals surface area contributed by atoms with Crippen molar-refractivity contribution < 1.29 is 13.4 Å². The maximum absolute atomic E-state index is 13.0. The van der Waals surface area contributed by atoms with Crippen molar-refractivity contribution in [2.45, 2.75) is 0 Å². The lowest BCUT2D eigenvalue weighted by Gasteiger charge is -1.93. The van der Waals surface area contributed by atoms with E-state index in [0.29, 0.717) is 0 Å². The van der Waals surface area contributed by atoms with Crippen LogP contribution in [0.1, 0.15) is 0 Å². The van der Waals surface area contributed by atoms with Gasteiger partial charge in [-0.3, -0.25) is 0 Å². The lowest BCUT2D eigenvalue weighted by molar-refractivity contribution is 0.313. The van der Waals surface area contributed by atoms with Gasteiger partial charge < -0.3 is 0 Å². The highest BCUT2D eigenvalue weighted by atomic mass is 79.9. The van der Waals surface area contributed by atoms with Crippen molar-refractivity contribution in [1.29, 1.82) is 0 Å². The number of hydrogen-bond acceptors (Lipinski definition) is 3. The molecule has 0 unspecified atom stereocenters. The van der Waals surface area contributed by atoms with Crippen LogP contribution in [0.5, 0.6) is 0 Å². The fraction of sp³-hybridized carbons (Fsp3) is 0. The Bertz CT molecular complexity index is 442. The van der Waals surface area contributed by atoms with Gasteiger partial charge in [0, 0.05) is 0 Å². The number of fused-ring (bicyclic) bond motifs is 1. The maximum atomic E-state index is 13.0. The van der Waals surface area contributed by atoms with Crippen LogP contribution in [0.4, 0.5) is 8.78 Å². The Hall–Kier alpha value is -1.04. The van der Waals surface area contributed by atoms with Crippen molar-refractivity contribution in [1.82, 2.24) is 10.3 Å². The van der Waals surface area contributed by atoms with Crippen LogP contribution in [0.15, 0.2) is 15.2 Å². The highest BCUT2D eigenvalue weighted by Gasteiger charge is 2.15. The van der Waals surface area contributed by atoms with Crippen LogP contribution >= 0.6 is 15.9 Å². The molecule has 0 aliphatic heterocycles. The van der Waals surface area contributed by atoms with Crippen LogP contribution < -0.4 is 0 Å². The molecular weight excluding hydrogens is 234 g/mol. The predicted molar refractivity (Wildman–Crippen MR) is 39.4 cm³/mol. The smallest absolute Gasteiger partial charge is 0.175 e. The average molecular weight is 235 g/mol. The van der Waals surface area contributed by atoms with Crippen LogP contribution in [0.25, 0.3) is 11.0 Å². The van der Waals surface area contributed by atoms with Crippen LogP contribution in [0.3, 0.4) is 0 Å². The third kappa shape index (κ3) is 0.911. The number of benzene rings is 1. The van der Waals surface area contributed by atoms with E-state index in [9.17, 15) is 8.78 Å². The lowest BCUT2D eigenvalue weighted by atomic mass is 10.3. The second-order valence-electron chi connectivity index (χ2n) is 2.12. The highest BCUT2D eigenvalue weighted by Crippen LogP contribution is 2.24. The van der Waals surface area contributed by atoms with Gasteiger partial charge in [-0.2, -0.15) is 0 Å². The summed E-state index contributed by atoms with van der Waals surface area (Å²) in [5.74, 6) is -1.34. The Kier molecular flexibility index (Phi) is 1.57. The first kappa shape index (κ1) is 7.60. The Balaban J connectivity index is 2.97. The first-order valence-electron chi connectivity index (χ1n) is 2.96. The quantitative estimate of drug-likeness (QED) is 0.657. The fourth-order valence-corrected chi connectivity index (χ4v) is 1.23. The van der Waals surface area contributed by atoms with Gasteiger partial charge in [0.2, 0.25) is 0 Å². The summed E-state index contributed by atoms with van der Waals surface area (Å²) < 4.78 is 30.1. The fourth-order valence-electron chi connectivity index (χ4n) is 0.845. The molecule has 0 atom stereocenters. The van der Waals surface area contributed by atoms with Crippen LogP contribution in [0, 0.1) is 11.6 Å². The second-order valence-corrected chi connectivity index (χ2v) is 2.97. The van der Waals surface area contributed by atoms with Crippen LogP contribution in [-0.2, 0) is 0 Å². The van der Waals surface area contributed by atoms with E-state index in [1.807, 2.05) is 0 Å². The van der Waals surface area contributed by atoms with E-state index in [2.05, 4.69) is 30.9 Å². The third-order valence-electron chi connectivity index (χ3n) is 1.39. The normalized spacial score (nSPS) is 10.9. The van der Waals surface area contributed by atoms with Gasteiger partial charge in [-0.15, -0.1) is 0 Å². The summed E-state index contributed by atoms with van der Waals surface area (Å²) in [6.45, 7) is 0. The van der Waals surface area contributed by atoms with E-state index < -0.39 is 11.6 Å². The number of rotatable bonds is 0. The maximum Gasteiger partial charge on any atom is 0.175 e. The number of nitrogens with zero attached hydrogens (tertiary/aromatic N) is 2. The summed E-state index contributed by atoms with van der Waals surface area (Å²) in [5, 5.41) is 6.41. The van der Waals surface area contributed by atoms with Crippen molar-refractivity contribution in [3.63, 3.8) is 0 Å². The molecule has 0 bridgehead atoms. The zero-order valence-electron chi connectivity index (χ0n) is 5.51. The molecular formula is C6HBrF2N2O. The first-order valence-corrected chi connectivity index (χ1v) is 3.75. The minimum absolute atomic E-state index is 0.00296. The summed E-state index contributed by atoms with van der Waals surface area (Å²) in [6.07, 6.45) is 0. The van der Waals surface area contributed by atoms with Crippen LogP contribution in [0.2, 0.25) is 0 Å². The molecule has 2 rings (SSSR count). The molecule has 1 heterocycles. The molecule has 12 heavy (non-hydrogen) atoms. The molecule has 0 aliphatic carbocycles. The Morgan fingerprint density at radius 3 is 2.67 bits per heavy atom. The predicted octanol–water partition coefficient (Wildman–Crippen LogP) is 2.26. The monoisotopic (exact) mass is 234 g/mol. The third-order valence-corrected chi connectivity index (χ3v) is 1.96. The summed E-state index contributed by atoms with van der Waals surface area (Å²) in [5.41, 5.74) is -0.405. The van der Waals surface area contributed by atoms with E-state index in [4.69, 9.17) is 0 Å². The second kappa shape index (κ2) is 2.48. The Morgan fingerprint density at radius 1 is 1.25 bits per heavy atom. The van der Waals surface area contributed by atoms with E-state index in [-0.39, 0.29) is 15.5 Å². The van der Waals surface area contributed by atoms with E-state index in [1.54, 1.807) is 0 Å².